The molecule has 0 unspecified atom stereocenters. The van der Waals surface area contributed by atoms with E-state index in [2.05, 4.69) is 21.9 Å². The number of fused-ring (bicyclic) bond motifs is 3. The van der Waals surface area contributed by atoms with Gasteiger partial charge in [-0.1, -0.05) is 18.2 Å². The lowest BCUT2D eigenvalue weighted by atomic mass is 9.96. The Bertz CT molecular complexity index is 615. The van der Waals surface area contributed by atoms with E-state index in [0.717, 1.165) is 12.1 Å². The number of ether oxygens (including phenoxy) is 1. The van der Waals surface area contributed by atoms with Gasteiger partial charge in [-0.05, 0) is 25.0 Å². The molecule has 1 N–H and O–H groups in total. The monoisotopic (exact) mass is 271 g/mol. The first-order chi connectivity index (χ1) is 9.65. The maximum atomic E-state index is 12.0. The summed E-state index contributed by atoms with van der Waals surface area (Å²) in [4.78, 5) is 16.3. The van der Waals surface area contributed by atoms with Crippen LogP contribution in [-0.4, -0.2) is 42.1 Å². The van der Waals surface area contributed by atoms with E-state index in [0.29, 0.717) is 11.8 Å². The number of methoxy groups -OCH3 is 1. The zero-order chi connectivity index (χ0) is 14.0. The van der Waals surface area contributed by atoms with Crippen molar-refractivity contribution in [1.29, 1.82) is 5.41 Å². The van der Waals surface area contributed by atoms with Crippen LogP contribution in [0.3, 0.4) is 0 Å². The first-order valence-corrected chi connectivity index (χ1v) is 6.97. The molecule has 0 amide bonds. The van der Waals surface area contributed by atoms with Gasteiger partial charge in [0, 0.05) is 11.6 Å². The second kappa shape index (κ2) is 3.82. The van der Waals surface area contributed by atoms with Gasteiger partial charge >= 0.3 is 5.97 Å². The van der Waals surface area contributed by atoms with Crippen molar-refractivity contribution < 1.29 is 9.53 Å². The van der Waals surface area contributed by atoms with E-state index in [1.807, 2.05) is 19.1 Å². The Balaban J connectivity index is 1.85. The molecule has 2 fully saturated rings. The fraction of sp³-hybridized carbons (Fsp3) is 0.467. The number of anilines is 1. The summed E-state index contributed by atoms with van der Waals surface area (Å²) >= 11 is 0. The number of hydrogen-bond acceptors (Lipinski definition) is 4. The Morgan fingerprint density at radius 3 is 2.90 bits per heavy atom. The molecule has 3 aliphatic rings. The molecule has 4 rings (SSSR count). The van der Waals surface area contributed by atoms with Crippen LogP contribution in [0.5, 0.6) is 0 Å². The number of benzene rings is 1. The van der Waals surface area contributed by atoms with Crippen LogP contribution in [0.1, 0.15) is 24.8 Å². The number of amidine groups is 1. The average Bonchev–Trinajstić information content (AvgIpc) is 3.07. The highest BCUT2D eigenvalue weighted by molar-refractivity contribution is 6.05. The molecule has 4 atom stereocenters. The summed E-state index contributed by atoms with van der Waals surface area (Å²) in [7, 11) is 1.44. The number of carbonyl (C=O) groups excluding carboxylic acids is 1. The van der Waals surface area contributed by atoms with Crippen LogP contribution in [0, 0.1) is 5.41 Å². The van der Waals surface area contributed by atoms with Crippen molar-refractivity contribution in [3.8, 4) is 0 Å². The first-order valence-electron chi connectivity index (χ1n) is 6.97. The Morgan fingerprint density at radius 1 is 1.40 bits per heavy atom. The zero-order valence-electron chi connectivity index (χ0n) is 11.5. The lowest BCUT2D eigenvalue weighted by molar-refractivity contribution is -0.146. The minimum Gasteiger partial charge on any atom is -0.468 e. The number of para-hydroxylation sites is 1. The van der Waals surface area contributed by atoms with Crippen LogP contribution in [0.15, 0.2) is 24.3 Å². The largest absolute Gasteiger partial charge is 0.468 e. The molecule has 0 spiro atoms. The maximum absolute atomic E-state index is 12.0. The third-order valence-electron chi connectivity index (χ3n) is 4.94. The van der Waals surface area contributed by atoms with Gasteiger partial charge in [-0.15, -0.1) is 0 Å². The first kappa shape index (κ1) is 11.9. The molecule has 2 saturated heterocycles. The Morgan fingerprint density at radius 2 is 2.15 bits per heavy atom. The van der Waals surface area contributed by atoms with Gasteiger partial charge in [-0.25, -0.2) is 0 Å². The van der Waals surface area contributed by atoms with E-state index < -0.39 is 0 Å². The van der Waals surface area contributed by atoms with Crippen LogP contribution in [0.25, 0.3) is 0 Å². The number of hydrogen-bond donors (Lipinski definition) is 1. The average molecular weight is 271 g/mol. The van der Waals surface area contributed by atoms with Crippen LogP contribution in [0.4, 0.5) is 5.69 Å². The fourth-order valence-corrected chi connectivity index (χ4v) is 4.11. The predicted octanol–water partition coefficient (Wildman–Crippen LogP) is 1.54. The summed E-state index contributed by atoms with van der Waals surface area (Å²) in [5.41, 5.74) is 2.38. The van der Waals surface area contributed by atoms with Crippen molar-refractivity contribution >= 4 is 17.5 Å². The summed E-state index contributed by atoms with van der Waals surface area (Å²) in [6.45, 7) is 2.00. The Labute approximate surface area is 117 Å². The third-order valence-corrected chi connectivity index (χ3v) is 4.94. The maximum Gasteiger partial charge on any atom is 0.323 e. The van der Waals surface area contributed by atoms with Gasteiger partial charge in [-0.2, -0.15) is 0 Å². The molecule has 3 aliphatic heterocycles. The number of nitrogens with one attached hydrogen (secondary N) is 1. The van der Waals surface area contributed by atoms with Gasteiger partial charge in [0.15, 0.2) is 0 Å². The smallest absolute Gasteiger partial charge is 0.323 e. The van der Waals surface area contributed by atoms with E-state index in [4.69, 9.17) is 10.1 Å². The van der Waals surface area contributed by atoms with E-state index in [9.17, 15) is 4.79 Å². The number of nitrogens with zero attached hydrogens (tertiary/aromatic N) is 2. The van der Waals surface area contributed by atoms with Gasteiger partial charge in [0.2, 0.25) is 0 Å². The van der Waals surface area contributed by atoms with Gasteiger partial charge in [0.1, 0.15) is 11.9 Å². The van der Waals surface area contributed by atoms with Gasteiger partial charge in [0.05, 0.1) is 19.3 Å². The van der Waals surface area contributed by atoms with Crippen molar-refractivity contribution in [3.63, 3.8) is 0 Å². The topological polar surface area (TPSA) is 56.6 Å². The van der Waals surface area contributed by atoms with Crippen LogP contribution < -0.4 is 4.90 Å². The Kier molecular flexibility index (Phi) is 2.27. The molecular formula is C15H17N3O2. The molecule has 0 aliphatic carbocycles. The zero-order valence-corrected chi connectivity index (χ0v) is 11.5. The van der Waals surface area contributed by atoms with E-state index >= 15 is 0 Å². The van der Waals surface area contributed by atoms with Crippen LogP contribution in [0.2, 0.25) is 0 Å². The summed E-state index contributed by atoms with van der Waals surface area (Å²) in [5.74, 6) is 0.692. The summed E-state index contributed by atoms with van der Waals surface area (Å²) < 4.78 is 4.95. The molecular weight excluding hydrogens is 254 g/mol. The van der Waals surface area contributed by atoms with Gasteiger partial charge in [0.25, 0.3) is 0 Å². The molecule has 0 bridgehead atoms. The highest BCUT2D eigenvalue weighted by atomic mass is 16.5. The standard InChI is InChI=1S/C15H17N3O2/c1-8-13(16)18-11-6-4-3-5-9(11)10-7-12(15(19)20-2)17(8)14(10)18/h3-6,8,10,12,14,16H,7H2,1-2H3/t8-,10-,12-,14+/m0/s1. The van der Waals surface area contributed by atoms with E-state index in [-0.39, 0.29) is 24.2 Å². The van der Waals surface area contributed by atoms with E-state index in [1.165, 1.54) is 12.7 Å². The number of carbonyl (C=O) groups is 1. The SMILES string of the molecule is COC(=O)[C@@H]1C[C@H]2c3ccccc3N3C(=N)[C@H](C)N1[C@@H]23. The predicted molar refractivity (Wildman–Crippen MR) is 74.9 cm³/mol. The van der Waals surface area contributed by atoms with E-state index in [1.54, 1.807) is 0 Å². The summed E-state index contributed by atoms with van der Waals surface area (Å²) in [5, 5.41) is 8.39. The minimum atomic E-state index is -0.233. The summed E-state index contributed by atoms with van der Waals surface area (Å²) in [6, 6.07) is 7.97. The van der Waals surface area contributed by atoms with Gasteiger partial charge < -0.3 is 9.64 Å². The highest BCUT2D eigenvalue weighted by Gasteiger charge is 2.60. The van der Waals surface area contributed by atoms with Crippen molar-refractivity contribution in [1.82, 2.24) is 4.90 Å². The molecule has 0 saturated carbocycles. The van der Waals surface area contributed by atoms with Crippen molar-refractivity contribution in [2.45, 2.75) is 37.5 Å². The molecule has 5 nitrogen and oxygen atoms in total. The second-order valence-electron chi connectivity index (χ2n) is 5.73. The lowest BCUT2D eigenvalue weighted by Crippen LogP contribution is -2.43. The second-order valence-corrected chi connectivity index (χ2v) is 5.73. The highest BCUT2D eigenvalue weighted by Crippen LogP contribution is 2.53. The van der Waals surface area contributed by atoms with Crippen LogP contribution in [-0.2, 0) is 9.53 Å². The van der Waals surface area contributed by atoms with Crippen molar-refractivity contribution in [2.75, 3.05) is 12.0 Å². The number of esters is 1. The number of rotatable bonds is 1. The van der Waals surface area contributed by atoms with Crippen molar-refractivity contribution in [2.24, 2.45) is 0 Å². The lowest BCUT2D eigenvalue weighted by Gasteiger charge is -2.25. The Hall–Kier alpha value is -1.88. The normalized spacial score (nSPS) is 34.3. The third kappa shape index (κ3) is 1.21. The quantitative estimate of drug-likeness (QED) is 0.787. The minimum absolute atomic E-state index is 0.0394. The summed E-state index contributed by atoms with van der Waals surface area (Å²) in [6.07, 6.45) is 0.890. The van der Waals surface area contributed by atoms with Crippen molar-refractivity contribution in [3.05, 3.63) is 29.8 Å². The fourth-order valence-electron chi connectivity index (χ4n) is 4.11. The molecule has 1 aromatic rings. The molecule has 1 aromatic carbocycles. The molecule has 3 heterocycles. The molecule has 0 radical (unpaired) electrons. The van der Waals surface area contributed by atoms with Gasteiger partial charge in [-0.3, -0.25) is 15.1 Å². The van der Waals surface area contributed by atoms with Crippen LogP contribution >= 0.6 is 0 Å². The molecule has 5 heteroatoms. The molecule has 0 aromatic heterocycles. The molecule has 104 valence electrons. The molecule has 20 heavy (non-hydrogen) atoms.